The zero-order valence-electron chi connectivity index (χ0n) is 23.2. The van der Waals surface area contributed by atoms with Gasteiger partial charge in [-0.3, -0.25) is 14.5 Å². The van der Waals surface area contributed by atoms with Crippen molar-refractivity contribution in [2.75, 3.05) is 53.5 Å². The Kier molecular flexibility index (Phi) is 8.32. The molecule has 10 heteroatoms. The second-order valence-corrected chi connectivity index (χ2v) is 13.3. The molecule has 1 atom stereocenters. The van der Waals surface area contributed by atoms with Crippen molar-refractivity contribution in [2.45, 2.75) is 37.1 Å². The minimum Gasteiger partial charge on any atom is -0.507 e. The molecular weight excluding hydrogens is 518 g/mol. The molecule has 1 N–H and O–H groups in total. The third kappa shape index (κ3) is 5.94. The van der Waals surface area contributed by atoms with E-state index in [4.69, 9.17) is 4.74 Å². The summed E-state index contributed by atoms with van der Waals surface area (Å²) in [5, 5.41) is 11.4. The highest BCUT2D eigenvalue weighted by Gasteiger charge is 2.46. The first-order chi connectivity index (χ1) is 18.3. The van der Waals surface area contributed by atoms with E-state index in [-0.39, 0.29) is 21.4 Å². The number of ether oxygens (including phenoxy) is 1. The van der Waals surface area contributed by atoms with E-state index in [0.717, 1.165) is 23.0 Å². The summed E-state index contributed by atoms with van der Waals surface area (Å²) in [4.78, 5) is 30.4. The summed E-state index contributed by atoms with van der Waals surface area (Å²) >= 11 is 0. The molecule has 2 heterocycles. The predicted molar refractivity (Wildman–Crippen MR) is 149 cm³/mol. The van der Waals surface area contributed by atoms with Gasteiger partial charge in [0.1, 0.15) is 5.76 Å². The Morgan fingerprint density at radius 1 is 1.03 bits per heavy atom. The van der Waals surface area contributed by atoms with Gasteiger partial charge in [0.2, 0.25) is 10.0 Å². The summed E-state index contributed by atoms with van der Waals surface area (Å²) in [5.74, 6) is -1.88. The number of amides is 1. The molecule has 0 radical (unpaired) electrons. The fourth-order valence-corrected chi connectivity index (χ4v) is 5.81. The van der Waals surface area contributed by atoms with Crippen LogP contribution in [0.3, 0.4) is 0 Å². The molecule has 2 aliphatic heterocycles. The fourth-order valence-electron chi connectivity index (χ4n) is 4.87. The van der Waals surface area contributed by atoms with Gasteiger partial charge in [-0.2, -0.15) is 0 Å². The van der Waals surface area contributed by atoms with Crippen LogP contribution in [-0.2, 0) is 29.8 Å². The summed E-state index contributed by atoms with van der Waals surface area (Å²) in [6, 6.07) is 12.7. The Morgan fingerprint density at radius 2 is 1.67 bits per heavy atom. The fraction of sp³-hybridized carbons (Fsp3) is 0.448. The third-order valence-electron chi connectivity index (χ3n) is 7.28. The lowest BCUT2D eigenvalue weighted by Gasteiger charge is -2.31. The van der Waals surface area contributed by atoms with Gasteiger partial charge in [-0.15, -0.1) is 0 Å². The van der Waals surface area contributed by atoms with Gasteiger partial charge in [-0.25, -0.2) is 12.7 Å². The predicted octanol–water partition coefficient (Wildman–Crippen LogP) is 2.99. The topological polar surface area (TPSA) is 107 Å². The quantitative estimate of drug-likeness (QED) is 0.318. The Bertz CT molecular complexity index is 1370. The third-order valence-corrected chi connectivity index (χ3v) is 9.09. The molecule has 0 aromatic heterocycles. The molecular formula is C29H37N3O6S. The zero-order chi connectivity index (χ0) is 28.5. The molecule has 9 nitrogen and oxygen atoms in total. The van der Waals surface area contributed by atoms with Crippen molar-refractivity contribution in [3.05, 3.63) is 70.8 Å². The van der Waals surface area contributed by atoms with Crippen LogP contribution >= 0.6 is 0 Å². The van der Waals surface area contributed by atoms with Crippen molar-refractivity contribution in [1.82, 2.24) is 14.1 Å². The summed E-state index contributed by atoms with van der Waals surface area (Å²) in [6.45, 7) is 9.86. The molecule has 210 valence electrons. The average Bonchev–Trinajstić information content (AvgIpc) is 3.16. The first-order valence-electron chi connectivity index (χ1n) is 13.0. The molecule has 2 aliphatic rings. The number of likely N-dealkylation sites (tertiary alicyclic amines) is 1. The number of Topliss-reactive ketones (excluding diaryl/α,β-unsaturated/α-hetero) is 1. The number of aliphatic hydroxyl groups excluding tert-OH is 1. The molecule has 2 saturated heterocycles. The van der Waals surface area contributed by atoms with Crippen LogP contribution in [0.1, 0.15) is 43.5 Å². The summed E-state index contributed by atoms with van der Waals surface area (Å²) in [5.41, 5.74) is 1.81. The number of carbonyl (C=O) groups excluding carboxylic acids is 2. The van der Waals surface area contributed by atoms with Crippen LogP contribution in [0.25, 0.3) is 5.76 Å². The lowest BCUT2D eigenvalue weighted by Crippen LogP contribution is -2.42. The first-order valence-corrected chi connectivity index (χ1v) is 14.5. The monoisotopic (exact) mass is 555 g/mol. The van der Waals surface area contributed by atoms with Crippen LogP contribution in [-0.4, -0.2) is 92.8 Å². The van der Waals surface area contributed by atoms with Gasteiger partial charge >= 0.3 is 0 Å². The van der Waals surface area contributed by atoms with Crippen LogP contribution in [0.15, 0.2) is 59.0 Å². The van der Waals surface area contributed by atoms with Crippen molar-refractivity contribution in [2.24, 2.45) is 0 Å². The van der Waals surface area contributed by atoms with Crippen molar-refractivity contribution >= 4 is 27.5 Å². The van der Waals surface area contributed by atoms with Crippen molar-refractivity contribution in [3.8, 4) is 0 Å². The molecule has 0 spiro atoms. The number of aliphatic hydroxyl groups is 1. The second-order valence-electron chi connectivity index (χ2n) is 11.1. The van der Waals surface area contributed by atoms with E-state index in [1.807, 2.05) is 24.3 Å². The van der Waals surface area contributed by atoms with Crippen molar-refractivity contribution in [1.29, 1.82) is 0 Å². The van der Waals surface area contributed by atoms with Crippen molar-refractivity contribution in [3.63, 3.8) is 0 Å². The van der Waals surface area contributed by atoms with Crippen molar-refractivity contribution < 1.29 is 27.9 Å². The van der Waals surface area contributed by atoms with Crippen LogP contribution in [0.5, 0.6) is 0 Å². The van der Waals surface area contributed by atoms with Gasteiger partial charge in [0, 0.05) is 45.8 Å². The number of nitrogens with zero attached hydrogens (tertiary/aromatic N) is 3. The number of carbonyl (C=O) groups is 2. The Balaban J connectivity index is 1.80. The molecule has 1 amide bonds. The van der Waals surface area contributed by atoms with Gasteiger partial charge in [0.05, 0.1) is 29.7 Å². The lowest BCUT2D eigenvalue weighted by molar-refractivity contribution is -0.140. The molecule has 2 aromatic rings. The average molecular weight is 556 g/mol. The molecule has 0 bridgehead atoms. The van der Waals surface area contributed by atoms with Crippen LogP contribution < -0.4 is 0 Å². The normalized spacial score (nSPS) is 20.7. The molecule has 39 heavy (non-hydrogen) atoms. The van der Waals surface area contributed by atoms with E-state index in [2.05, 4.69) is 25.7 Å². The maximum absolute atomic E-state index is 13.4. The van der Waals surface area contributed by atoms with E-state index < -0.39 is 33.5 Å². The highest BCUT2D eigenvalue weighted by molar-refractivity contribution is 7.89. The number of benzene rings is 2. The summed E-state index contributed by atoms with van der Waals surface area (Å²) in [6.07, 6.45) is 0. The van der Waals surface area contributed by atoms with E-state index in [1.54, 1.807) is 0 Å². The van der Waals surface area contributed by atoms with Crippen LogP contribution in [0, 0.1) is 0 Å². The molecule has 0 saturated carbocycles. The number of sulfonamides is 1. The zero-order valence-corrected chi connectivity index (χ0v) is 24.0. The smallest absolute Gasteiger partial charge is 0.295 e. The number of rotatable bonds is 7. The van der Waals surface area contributed by atoms with Gasteiger partial charge < -0.3 is 14.7 Å². The van der Waals surface area contributed by atoms with E-state index in [9.17, 15) is 23.1 Å². The number of hydrogen-bond acceptors (Lipinski definition) is 7. The van der Waals surface area contributed by atoms with Crippen LogP contribution in [0.4, 0.5) is 0 Å². The van der Waals surface area contributed by atoms with Crippen LogP contribution in [0.2, 0.25) is 0 Å². The number of ketones is 1. The minimum absolute atomic E-state index is 0.0239. The van der Waals surface area contributed by atoms with Gasteiger partial charge in [-0.1, -0.05) is 57.2 Å². The standard InChI is InChI=1S/C29H37N3O6S/c1-29(2,3)22-11-9-20(10-12-22)25-24(26(33)21-7-6-8-23(19-21)39(36,37)30(4)5)27(34)28(35)32(25)14-13-31-15-17-38-18-16-31/h6-12,19,25,33H,13-18H2,1-5H3/b26-24-. The molecule has 2 fully saturated rings. The maximum atomic E-state index is 13.4. The van der Waals surface area contributed by atoms with E-state index in [0.29, 0.717) is 31.9 Å². The van der Waals surface area contributed by atoms with Gasteiger partial charge in [-0.05, 0) is 28.7 Å². The molecule has 0 aliphatic carbocycles. The SMILES string of the molecule is CN(C)S(=O)(=O)c1cccc(/C(O)=C2/C(=O)C(=O)N(CCN3CCOCC3)C2c2ccc(C(C)(C)C)cc2)c1. The Hall–Kier alpha value is -3.05. The lowest BCUT2D eigenvalue weighted by atomic mass is 9.85. The number of morpholine rings is 1. The Labute approximate surface area is 230 Å². The summed E-state index contributed by atoms with van der Waals surface area (Å²) in [7, 11) is -0.936. The molecule has 2 aromatic carbocycles. The van der Waals surface area contributed by atoms with E-state index >= 15 is 0 Å². The van der Waals surface area contributed by atoms with E-state index in [1.165, 1.54) is 43.3 Å². The summed E-state index contributed by atoms with van der Waals surface area (Å²) < 4.78 is 31.9. The Morgan fingerprint density at radius 3 is 2.26 bits per heavy atom. The highest BCUT2D eigenvalue weighted by atomic mass is 32.2. The maximum Gasteiger partial charge on any atom is 0.295 e. The molecule has 4 rings (SSSR count). The molecule has 1 unspecified atom stereocenters. The van der Waals surface area contributed by atoms with Gasteiger partial charge in [0.25, 0.3) is 11.7 Å². The van der Waals surface area contributed by atoms with Gasteiger partial charge in [0.15, 0.2) is 0 Å². The number of hydrogen-bond donors (Lipinski definition) is 1. The second kappa shape index (κ2) is 11.2. The minimum atomic E-state index is -3.78. The first kappa shape index (κ1) is 28.9. The largest absolute Gasteiger partial charge is 0.507 e. The highest BCUT2D eigenvalue weighted by Crippen LogP contribution is 2.40.